The summed E-state index contributed by atoms with van der Waals surface area (Å²) in [6.45, 7) is 3.05. The summed E-state index contributed by atoms with van der Waals surface area (Å²) in [6, 6.07) is 0. The monoisotopic (exact) mass is 288 g/mol. The highest BCUT2D eigenvalue weighted by atomic mass is 35.5. The van der Waals surface area contributed by atoms with Crippen molar-refractivity contribution in [2.75, 3.05) is 25.4 Å². The van der Waals surface area contributed by atoms with Crippen LogP contribution in [0.3, 0.4) is 0 Å². The van der Waals surface area contributed by atoms with Gasteiger partial charge in [-0.15, -0.1) is 24.8 Å². The highest BCUT2D eigenvalue weighted by molar-refractivity contribution is 7.99. The molecule has 0 spiro atoms. The molecule has 0 aliphatic heterocycles. The molecule has 5 heteroatoms. The third kappa shape index (κ3) is 10.0. The van der Waals surface area contributed by atoms with E-state index in [1.54, 1.807) is 0 Å². The fraction of sp³-hybridized carbons (Fsp3) is 1.00. The first-order valence-corrected chi connectivity index (χ1v) is 7.00. The van der Waals surface area contributed by atoms with E-state index in [-0.39, 0.29) is 24.8 Å². The molecule has 0 amide bonds. The minimum absolute atomic E-state index is 0. The van der Waals surface area contributed by atoms with Gasteiger partial charge in [0.05, 0.1) is 0 Å². The van der Waals surface area contributed by atoms with Crippen LogP contribution in [-0.2, 0) is 0 Å². The largest absolute Gasteiger partial charge is 0.330 e. The second-order valence-electron chi connectivity index (χ2n) is 4.02. The van der Waals surface area contributed by atoms with Crippen LogP contribution >= 0.6 is 36.6 Å². The van der Waals surface area contributed by atoms with Gasteiger partial charge in [-0.25, -0.2) is 0 Å². The van der Waals surface area contributed by atoms with E-state index in [1.165, 1.54) is 37.9 Å². The molecule has 1 aliphatic carbocycles. The number of halogens is 2. The van der Waals surface area contributed by atoms with E-state index in [9.17, 15) is 0 Å². The standard InChI is InChI=1S/C11H24N2S.2ClH/c12-7-4-8-13-9-10-14-11-5-2-1-3-6-11;;/h11,13H,1-10,12H2;2*1H. The molecule has 1 fully saturated rings. The van der Waals surface area contributed by atoms with E-state index in [0.29, 0.717) is 0 Å². The van der Waals surface area contributed by atoms with Crippen LogP contribution in [0, 0.1) is 0 Å². The van der Waals surface area contributed by atoms with Crippen molar-refractivity contribution in [1.82, 2.24) is 5.32 Å². The van der Waals surface area contributed by atoms with Crippen molar-refractivity contribution >= 4 is 36.6 Å². The molecular weight excluding hydrogens is 263 g/mol. The Hall–Kier alpha value is 0.850. The SMILES string of the molecule is Cl.Cl.NCCCNCCSC1CCCCC1. The molecular formula is C11H26Cl2N2S. The highest BCUT2D eigenvalue weighted by Gasteiger charge is 2.12. The van der Waals surface area contributed by atoms with Crippen LogP contribution in [0.2, 0.25) is 0 Å². The number of hydrogen-bond donors (Lipinski definition) is 2. The lowest BCUT2D eigenvalue weighted by atomic mass is 10.0. The molecule has 0 saturated heterocycles. The Bertz CT molecular complexity index is 133. The number of hydrogen-bond acceptors (Lipinski definition) is 3. The van der Waals surface area contributed by atoms with E-state index in [2.05, 4.69) is 17.1 Å². The van der Waals surface area contributed by atoms with Crippen LogP contribution in [-0.4, -0.2) is 30.6 Å². The Labute approximate surface area is 117 Å². The summed E-state index contributed by atoms with van der Waals surface area (Å²) in [7, 11) is 0. The van der Waals surface area contributed by atoms with Gasteiger partial charge in [0, 0.05) is 17.5 Å². The molecule has 0 bridgehead atoms. The average Bonchev–Trinajstić information content (AvgIpc) is 2.25. The van der Waals surface area contributed by atoms with Crippen molar-refractivity contribution in [2.24, 2.45) is 5.73 Å². The first-order chi connectivity index (χ1) is 6.93. The maximum Gasteiger partial charge on any atom is 0.00608 e. The summed E-state index contributed by atoms with van der Waals surface area (Å²) in [5.74, 6) is 1.27. The van der Waals surface area contributed by atoms with E-state index >= 15 is 0 Å². The maximum atomic E-state index is 5.41. The molecule has 3 N–H and O–H groups in total. The Morgan fingerprint density at radius 1 is 1.06 bits per heavy atom. The second-order valence-corrected chi connectivity index (χ2v) is 5.43. The average molecular weight is 289 g/mol. The fourth-order valence-electron chi connectivity index (χ4n) is 1.88. The molecule has 1 rings (SSSR count). The molecule has 0 aromatic carbocycles. The normalized spacial score (nSPS) is 16.3. The summed E-state index contributed by atoms with van der Waals surface area (Å²) >= 11 is 2.16. The van der Waals surface area contributed by atoms with Gasteiger partial charge in [0.15, 0.2) is 0 Å². The van der Waals surface area contributed by atoms with Gasteiger partial charge < -0.3 is 11.1 Å². The topological polar surface area (TPSA) is 38.0 Å². The zero-order valence-corrected chi connectivity index (χ0v) is 12.4. The second kappa shape index (κ2) is 13.9. The Kier molecular flexibility index (Phi) is 16.7. The predicted octanol–water partition coefficient (Wildman–Crippen LogP) is 2.83. The van der Waals surface area contributed by atoms with Gasteiger partial charge >= 0.3 is 0 Å². The van der Waals surface area contributed by atoms with Crippen molar-refractivity contribution in [3.05, 3.63) is 0 Å². The molecule has 0 atom stereocenters. The van der Waals surface area contributed by atoms with Crippen LogP contribution < -0.4 is 11.1 Å². The minimum atomic E-state index is 0. The quantitative estimate of drug-likeness (QED) is 0.708. The lowest BCUT2D eigenvalue weighted by molar-refractivity contribution is 0.516. The van der Waals surface area contributed by atoms with E-state index in [4.69, 9.17) is 5.73 Å². The molecule has 0 aromatic rings. The zero-order chi connectivity index (χ0) is 10.1. The lowest BCUT2D eigenvalue weighted by Gasteiger charge is -2.20. The van der Waals surface area contributed by atoms with Gasteiger partial charge in [-0.1, -0.05) is 19.3 Å². The lowest BCUT2D eigenvalue weighted by Crippen LogP contribution is -2.22. The zero-order valence-electron chi connectivity index (χ0n) is 9.95. The summed E-state index contributed by atoms with van der Waals surface area (Å²) in [4.78, 5) is 0. The summed E-state index contributed by atoms with van der Waals surface area (Å²) in [5.41, 5.74) is 5.41. The smallest absolute Gasteiger partial charge is 0.00608 e. The van der Waals surface area contributed by atoms with Crippen molar-refractivity contribution in [3.8, 4) is 0 Å². The molecule has 0 radical (unpaired) electrons. The van der Waals surface area contributed by atoms with Crippen LogP contribution in [0.25, 0.3) is 0 Å². The molecule has 16 heavy (non-hydrogen) atoms. The summed E-state index contributed by atoms with van der Waals surface area (Å²) in [6.07, 6.45) is 8.39. The van der Waals surface area contributed by atoms with Crippen molar-refractivity contribution in [2.45, 2.75) is 43.8 Å². The first-order valence-electron chi connectivity index (χ1n) is 5.96. The maximum absolute atomic E-state index is 5.41. The summed E-state index contributed by atoms with van der Waals surface area (Å²) in [5, 5.41) is 4.38. The highest BCUT2D eigenvalue weighted by Crippen LogP contribution is 2.27. The molecule has 0 unspecified atom stereocenters. The van der Waals surface area contributed by atoms with Gasteiger partial charge in [-0.05, 0) is 32.4 Å². The van der Waals surface area contributed by atoms with E-state index in [0.717, 1.165) is 31.3 Å². The van der Waals surface area contributed by atoms with Gasteiger partial charge in [0.25, 0.3) is 0 Å². The minimum Gasteiger partial charge on any atom is -0.330 e. The van der Waals surface area contributed by atoms with Crippen LogP contribution in [0.5, 0.6) is 0 Å². The Morgan fingerprint density at radius 3 is 2.38 bits per heavy atom. The van der Waals surface area contributed by atoms with Crippen LogP contribution in [0.15, 0.2) is 0 Å². The Balaban J connectivity index is 0. The number of nitrogens with one attached hydrogen (secondary N) is 1. The third-order valence-electron chi connectivity index (χ3n) is 2.74. The molecule has 100 valence electrons. The Morgan fingerprint density at radius 2 is 1.75 bits per heavy atom. The predicted molar refractivity (Wildman–Crippen MR) is 80.4 cm³/mol. The van der Waals surface area contributed by atoms with Gasteiger partial charge in [-0.3, -0.25) is 0 Å². The first kappa shape index (κ1) is 19.2. The van der Waals surface area contributed by atoms with Gasteiger partial charge in [0.1, 0.15) is 0 Å². The van der Waals surface area contributed by atoms with E-state index in [1.807, 2.05) is 0 Å². The molecule has 0 aromatic heterocycles. The van der Waals surface area contributed by atoms with Crippen molar-refractivity contribution in [3.63, 3.8) is 0 Å². The number of thioether (sulfide) groups is 1. The molecule has 0 heterocycles. The summed E-state index contributed by atoms with van der Waals surface area (Å²) < 4.78 is 0. The molecule has 1 saturated carbocycles. The van der Waals surface area contributed by atoms with Gasteiger partial charge in [-0.2, -0.15) is 11.8 Å². The fourth-order valence-corrected chi connectivity index (χ4v) is 3.14. The van der Waals surface area contributed by atoms with Crippen LogP contribution in [0.1, 0.15) is 38.5 Å². The van der Waals surface area contributed by atoms with Crippen LogP contribution in [0.4, 0.5) is 0 Å². The van der Waals surface area contributed by atoms with Crippen molar-refractivity contribution in [1.29, 1.82) is 0 Å². The van der Waals surface area contributed by atoms with E-state index < -0.39 is 0 Å². The third-order valence-corrected chi connectivity index (χ3v) is 4.12. The van der Waals surface area contributed by atoms with Gasteiger partial charge in [0.2, 0.25) is 0 Å². The molecule has 1 aliphatic rings. The van der Waals surface area contributed by atoms with Crippen molar-refractivity contribution < 1.29 is 0 Å². The number of nitrogens with two attached hydrogens (primary N) is 1. The molecule has 2 nitrogen and oxygen atoms in total. The number of rotatable bonds is 7.